The lowest BCUT2D eigenvalue weighted by molar-refractivity contribution is -0.0801. The van der Waals surface area contributed by atoms with Crippen LogP contribution in [0.25, 0.3) is 0 Å². The van der Waals surface area contributed by atoms with E-state index in [1.807, 2.05) is 0 Å². The fourth-order valence-electron chi connectivity index (χ4n) is 1.93. The van der Waals surface area contributed by atoms with Crippen LogP contribution in [-0.2, 0) is 4.74 Å². The SMILES string of the molecule is Cc1cn([C@H]2C[C@](N)(O)[C@@H](CO)O2)c(=O)[nH]c1=O. The number of rotatable bonds is 2. The second kappa shape index (κ2) is 4.32. The highest BCUT2D eigenvalue weighted by atomic mass is 16.5. The Hall–Kier alpha value is -1.48. The van der Waals surface area contributed by atoms with E-state index in [1.54, 1.807) is 6.92 Å². The van der Waals surface area contributed by atoms with Crippen molar-refractivity contribution >= 4 is 0 Å². The molecule has 0 unspecified atom stereocenters. The van der Waals surface area contributed by atoms with Crippen LogP contribution in [0.1, 0.15) is 18.2 Å². The number of aliphatic hydroxyl groups excluding tert-OH is 1. The van der Waals surface area contributed by atoms with E-state index in [2.05, 4.69) is 4.98 Å². The molecule has 8 nitrogen and oxygen atoms in total. The minimum Gasteiger partial charge on any atom is -0.393 e. The maximum Gasteiger partial charge on any atom is 0.330 e. The van der Waals surface area contributed by atoms with Crippen molar-refractivity contribution in [3.63, 3.8) is 0 Å². The summed E-state index contributed by atoms with van der Waals surface area (Å²) in [5.74, 6) is 0. The maximum absolute atomic E-state index is 11.6. The number of nitrogens with zero attached hydrogens (tertiary/aromatic N) is 1. The van der Waals surface area contributed by atoms with Gasteiger partial charge in [0, 0.05) is 18.2 Å². The molecule has 1 aliphatic heterocycles. The van der Waals surface area contributed by atoms with Crippen LogP contribution in [0.5, 0.6) is 0 Å². The first-order valence-corrected chi connectivity index (χ1v) is 5.45. The molecule has 1 saturated heterocycles. The van der Waals surface area contributed by atoms with E-state index in [4.69, 9.17) is 15.6 Å². The molecule has 100 valence electrons. The molecule has 5 N–H and O–H groups in total. The van der Waals surface area contributed by atoms with Crippen molar-refractivity contribution in [1.29, 1.82) is 0 Å². The molecule has 18 heavy (non-hydrogen) atoms. The molecule has 0 radical (unpaired) electrons. The van der Waals surface area contributed by atoms with Gasteiger partial charge in [0.2, 0.25) is 0 Å². The number of nitrogens with two attached hydrogens (primary N) is 1. The van der Waals surface area contributed by atoms with Gasteiger partial charge in [0.1, 0.15) is 18.1 Å². The average molecular weight is 257 g/mol. The summed E-state index contributed by atoms with van der Waals surface area (Å²) in [7, 11) is 0. The Bertz CT molecular complexity index is 561. The molecule has 3 atom stereocenters. The van der Waals surface area contributed by atoms with Crippen molar-refractivity contribution < 1.29 is 14.9 Å². The smallest absolute Gasteiger partial charge is 0.330 e. The first-order valence-electron chi connectivity index (χ1n) is 5.45. The van der Waals surface area contributed by atoms with E-state index in [-0.39, 0.29) is 6.42 Å². The molecule has 0 aliphatic carbocycles. The van der Waals surface area contributed by atoms with Gasteiger partial charge in [-0.15, -0.1) is 0 Å². The van der Waals surface area contributed by atoms with Gasteiger partial charge in [-0.2, -0.15) is 0 Å². The van der Waals surface area contributed by atoms with Gasteiger partial charge in [0.25, 0.3) is 5.56 Å². The molecule has 1 aliphatic rings. The second-order valence-electron chi connectivity index (χ2n) is 4.44. The Kier molecular flexibility index (Phi) is 3.11. The van der Waals surface area contributed by atoms with E-state index in [0.717, 1.165) is 4.57 Å². The standard InChI is InChI=1S/C10H15N3O5/c1-5-3-13(9(16)12-8(5)15)7-2-10(11,17)6(4-14)18-7/h3,6-7,14,17H,2,4,11H2,1H3,(H,12,15,16)/t6-,7-,10+/m1/s1. The van der Waals surface area contributed by atoms with Gasteiger partial charge in [0.15, 0.2) is 0 Å². The summed E-state index contributed by atoms with van der Waals surface area (Å²) >= 11 is 0. The highest BCUT2D eigenvalue weighted by Crippen LogP contribution is 2.32. The molecule has 1 aromatic rings. The molecule has 1 fully saturated rings. The number of nitrogens with one attached hydrogen (secondary N) is 1. The predicted molar refractivity (Wildman–Crippen MR) is 60.8 cm³/mol. The third-order valence-corrected chi connectivity index (χ3v) is 3.00. The molecule has 2 rings (SSSR count). The topological polar surface area (TPSA) is 131 Å². The van der Waals surface area contributed by atoms with Crippen LogP contribution >= 0.6 is 0 Å². The van der Waals surface area contributed by atoms with Crippen LogP contribution in [0.2, 0.25) is 0 Å². The Balaban J connectivity index is 2.38. The van der Waals surface area contributed by atoms with Crippen molar-refractivity contribution in [1.82, 2.24) is 9.55 Å². The number of aliphatic hydroxyl groups is 2. The normalized spacial score (nSPS) is 31.8. The predicted octanol–water partition coefficient (Wildman–Crippen LogP) is -2.23. The van der Waals surface area contributed by atoms with Crippen molar-refractivity contribution in [3.8, 4) is 0 Å². The number of ether oxygens (including phenoxy) is 1. The minimum absolute atomic E-state index is 0.0520. The highest BCUT2D eigenvalue weighted by Gasteiger charge is 2.45. The Morgan fingerprint density at radius 1 is 1.67 bits per heavy atom. The van der Waals surface area contributed by atoms with Crippen molar-refractivity contribution in [2.24, 2.45) is 5.73 Å². The number of aryl methyl sites for hydroxylation is 1. The zero-order valence-electron chi connectivity index (χ0n) is 9.79. The number of H-pyrrole nitrogens is 1. The molecular weight excluding hydrogens is 242 g/mol. The van der Waals surface area contributed by atoms with Crippen molar-refractivity contribution in [2.75, 3.05) is 6.61 Å². The molecule has 0 amide bonds. The van der Waals surface area contributed by atoms with Crippen molar-refractivity contribution in [3.05, 3.63) is 32.6 Å². The van der Waals surface area contributed by atoms with Crippen LogP contribution in [0.4, 0.5) is 0 Å². The Labute approximate surface area is 102 Å². The van der Waals surface area contributed by atoms with Crippen LogP contribution in [-0.4, -0.2) is 38.2 Å². The average Bonchev–Trinajstić information content (AvgIpc) is 2.58. The summed E-state index contributed by atoms with van der Waals surface area (Å²) in [6.07, 6.45) is -0.507. The molecule has 0 spiro atoms. The highest BCUT2D eigenvalue weighted by molar-refractivity contribution is 5.02. The van der Waals surface area contributed by atoms with E-state index >= 15 is 0 Å². The molecule has 1 aromatic heterocycles. The minimum atomic E-state index is -1.71. The lowest BCUT2D eigenvalue weighted by atomic mass is 10.1. The van der Waals surface area contributed by atoms with Crippen LogP contribution in [0.15, 0.2) is 15.8 Å². The van der Waals surface area contributed by atoms with Crippen LogP contribution in [0.3, 0.4) is 0 Å². The van der Waals surface area contributed by atoms with Gasteiger partial charge >= 0.3 is 5.69 Å². The summed E-state index contributed by atoms with van der Waals surface area (Å²) < 4.78 is 6.45. The number of hydrogen-bond acceptors (Lipinski definition) is 6. The van der Waals surface area contributed by atoms with Crippen LogP contribution < -0.4 is 17.0 Å². The molecule has 2 heterocycles. The van der Waals surface area contributed by atoms with E-state index in [9.17, 15) is 14.7 Å². The zero-order valence-corrected chi connectivity index (χ0v) is 9.79. The third-order valence-electron chi connectivity index (χ3n) is 3.00. The Morgan fingerprint density at radius 3 is 2.89 bits per heavy atom. The Morgan fingerprint density at radius 2 is 2.33 bits per heavy atom. The molecule has 8 heteroatoms. The largest absolute Gasteiger partial charge is 0.393 e. The van der Waals surface area contributed by atoms with Crippen LogP contribution in [0, 0.1) is 6.92 Å². The third kappa shape index (κ3) is 2.10. The monoisotopic (exact) mass is 257 g/mol. The summed E-state index contributed by atoms with van der Waals surface area (Å²) in [6.45, 7) is 1.09. The van der Waals surface area contributed by atoms with Gasteiger partial charge in [0.05, 0.1) is 6.61 Å². The zero-order chi connectivity index (χ0) is 13.5. The maximum atomic E-state index is 11.6. The molecule has 0 saturated carbocycles. The lowest BCUT2D eigenvalue weighted by Crippen LogP contribution is -2.48. The van der Waals surface area contributed by atoms with E-state index in [0.29, 0.717) is 5.56 Å². The summed E-state index contributed by atoms with van der Waals surface area (Å²) in [4.78, 5) is 25.0. The number of aromatic nitrogens is 2. The summed E-state index contributed by atoms with van der Waals surface area (Å²) in [6, 6.07) is 0. The first kappa shape index (κ1) is 13.0. The number of aromatic amines is 1. The van der Waals surface area contributed by atoms with Gasteiger partial charge in [-0.05, 0) is 6.92 Å². The van der Waals surface area contributed by atoms with E-state index in [1.165, 1.54) is 6.20 Å². The van der Waals surface area contributed by atoms with Gasteiger partial charge in [-0.3, -0.25) is 14.3 Å². The van der Waals surface area contributed by atoms with Gasteiger partial charge in [-0.1, -0.05) is 0 Å². The fourth-order valence-corrected chi connectivity index (χ4v) is 1.93. The molecular formula is C10H15N3O5. The summed E-state index contributed by atoms with van der Waals surface area (Å²) in [5, 5.41) is 18.8. The number of hydrogen-bond donors (Lipinski definition) is 4. The second-order valence-corrected chi connectivity index (χ2v) is 4.44. The molecule has 0 aromatic carbocycles. The quantitative estimate of drug-likeness (QED) is 0.444. The van der Waals surface area contributed by atoms with E-state index < -0.39 is 35.9 Å². The van der Waals surface area contributed by atoms with Gasteiger partial charge < -0.3 is 20.7 Å². The molecule has 0 bridgehead atoms. The lowest BCUT2D eigenvalue weighted by Gasteiger charge is -2.20. The van der Waals surface area contributed by atoms with Crippen molar-refractivity contribution in [2.45, 2.75) is 31.4 Å². The van der Waals surface area contributed by atoms with Gasteiger partial charge in [-0.25, -0.2) is 4.79 Å². The first-order chi connectivity index (χ1) is 8.35. The fraction of sp³-hybridized carbons (Fsp3) is 0.600. The summed E-state index contributed by atoms with van der Waals surface area (Å²) in [5.41, 5.74) is 3.07.